The van der Waals surface area contributed by atoms with Crippen molar-refractivity contribution in [3.05, 3.63) is 36.7 Å². The summed E-state index contributed by atoms with van der Waals surface area (Å²) in [7, 11) is 0. The number of nitrogens with one attached hydrogen (secondary N) is 2. The van der Waals surface area contributed by atoms with Gasteiger partial charge in [-0.2, -0.15) is 5.01 Å². The first kappa shape index (κ1) is 19.4. The molecule has 0 unspecified atom stereocenters. The zero-order valence-corrected chi connectivity index (χ0v) is 16.8. The number of rotatable bonds is 5. The van der Waals surface area contributed by atoms with E-state index in [4.69, 9.17) is 0 Å². The van der Waals surface area contributed by atoms with Crippen molar-refractivity contribution < 1.29 is 14.4 Å². The summed E-state index contributed by atoms with van der Waals surface area (Å²) >= 11 is 1.18. The topological polar surface area (TPSA) is 109 Å². The molecule has 1 aliphatic carbocycles. The van der Waals surface area contributed by atoms with Crippen LogP contribution < -0.4 is 10.7 Å². The fourth-order valence-corrected chi connectivity index (χ4v) is 4.41. The molecular formula is C19H22N6O3S. The van der Waals surface area contributed by atoms with Gasteiger partial charge in [-0.15, -0.1) is 10.2 Å². The summed E-state index contributed by atoms with van der Waals surface area (Å²) in [5.41, 5.74) is 2.44. The second kappa shape index (κ2) is 7.86. The first-order valence-electron chi connectivity index (χ1n) is 9.53. The average molecular weight is 414 g/mol. The van der Waals surface area contributed by atoms with Gasteiger partial charge in [0.05, 0.1) is 5.75 Å². The Bertz CT molecular complexity index is 923. The van der Waals surface area contributed by atoms with E-state index in [2.05, 4.69) is 27.9 Å². The largest absolute Gasteiger partial charge is 0.344 e. The van der Waals surface area contributed by atoms with Crippen LogP contribution in [0.4, 0.5) is 4.79 Å². The molecule has 1 saturated heterocycles. The van der Waals surface area contributed by atoms with Crippen LogP contribution in [0.5, 0.6) is 0 Å². The zero-order valence-electron chi connectivity index (χ0n) is 16.0. The van der Waals surface area contributed by atoms with Crippen molar-refractivity contribution in [3.63, 3.8) is 0 Å². The number of imide groups is 1. The number of carbonyl (C=O) groups is 3. The number of para-hydroxylation sites is 1. The van der Waals surface area contributed by atoms with E-state index in [0.717, 1.165) is 23.5 Å². The lowest BCUT2D eigenvalue weighted by molar-refractivity contribution is -0.139. The summed E-state index contributed by atoms with van der Waals surface area (Å²) in [6.07, 6.45) is 4.51. The smallest absolute Gasteiger partial charge is 0.322 e. The third-order valence-corrected chi connectivity index (χ3v) is 6.35. The van der Waals surface area contributed by atoms with Crippen LogP contribution in [0.25, 0.3) is 5.69 Å². The van der Waals surface area contributed by atoms with Crippen LogP contribution in [0.1, 0.15) is 32.6 Å². The van der Waals surface area contributed by atoms with Crippen LogP contribution >= 0.6 is 11.8 Å². The third-order valence-electron chi connectivity index (χ3n) is 5.41. The van der Waals surface area contributed by atoms with E-state index in [9.17, 15) is 14.4 Å². The maximum atomic E-state index is 12.8. The molecule has 2 fully saturated rings. The molecule has 10 heteroatoms. The standard InChI is InChI=1S/C19H22N6O3S/c1-13-7-9-19(10-8-13)16(27)25(17(28)21-19)23-15(26)11-29-18-22-20-12-24(18)14-5-3-2-4-6-14/h2-6,12-13H,7-11H2,1H3,(H,21,28)(H,23,26). The lowest BCUT2D eigenvalue weighted by Gasteiger charge is -2.33. The van der Waals surface area contributed by atoms with Crippen molar-refractivity contribution >= 4 is 29.6 Å². The monoisotopic (exact) mass is 414 g/mol. The fourth-order valence-electron chi connectivity index (χ4n) is 3.69. The molecule has 1 aromatic carbocycles. The van der Waals surface area contributed by atoms with Crippen molar-refractivity contribution in [1.82, 2.24) is 30.5 Å². The molecule has 9 nitrogen and oxygen atoms in total. The fraction of sp³-hybridized carbons (Fsp3) is 0.421. The summed E-state index contributed by atoms with van der Waals surface area (Å²) in [6.45, 7) is 2.14. The van der Waals surface area contributed by atoms with E-state index in [0.29, 0.717) is 23.9 Å². The van der Waals surface area contributed by atoms with Gasteiger partial charge in [0.15, 0.2) is 5.16 Å². The number of urea groups is 1. The van der Waals surface area contributed by atoms with Gasteiger partial charge in [-0.25, -0.2) is 4.79 Å². The maximum Gasteiger partial charge on any atom is 0.344 e. The Morgan fingerprint density at radius 2 is 2.00 bits per heavy atom. The van der Waals surface area contributed by atoms with Crippen LogP contribution in [0.3, 0.4) is 0 Å². The predicted octanol–water partition coefficient (Wildman–Crippen LogP) is 1.89. The van der Waals surface area contributed by atoms with Crippen molar-refractivity contribution in [1.29, 1.82) is 0 Å². The molecule has 0 radical (unpaired) electrons. The molecule has 4 amide bonds. The Hall–Kier alpha value is -2.88. The van der Waals surface area contributed by atoms with Gasteiger partial charge < -0.3 is 5.32 Å². The summed E-state index contributed by atoms with van der Waals surface area (Å²) < 4.78 is 1.77. The minimum atomic E-state index is -0.877. The normalized spacial score (nSPS) is 24.0. The van der Waals surface area contributed by atoms with E-state index >= 15 is 0 Å². The molecule has 1 saturated carbocycles. The Morgan fingerprint density at radius 1 is 1.28 bits per heavy atom. The van der Waals surface area contributed by atoms with Crippen LogP contribution in [-0.4, -0.2) is 48.9 Å². The minimum Gasteiger partial charge on any atom is -0.322 e. The Labute approximate surface area is 172 Å². The van der Waals surface area contributed by atoms with Gasteiger partial charge >= 0.3 is 6.03 Å². The van der Waals surface area contributed by atoms with Gasteiger partial charge in [-0.05, 0) is 43.7 Å². The summed E-state index contributed by atoms with van der Waals surface area (Å²) in [4.78, 5) is 37.5. The predicted molar refractivity (Wildman–Crippen MR) is 106 cm³/mol. The molecule has 2 heterocycles. The van der Waals surface area contributed by atoms with Crippen molar-refractivity contribution in [3.8, 4) is 5.69 Å². The summed E-state index contributed by atoms with van der Waals surface area (Å²) in [6, 6.07) is 8.95. The van der Waals surface area contributed by atoms with Gasteiger partial charge in [-0.1, -0.05) is 36.9 Å². The second-order valence-corrected chi connectivity index (χ2v) is 8.42. The molecule has 29 heavy (non-hydrogen) atoms. The highest BCUT2D eigenvalue weighted by Crippen LogP contribution is 2.35. The first-order valence-corrected chi connectivity index (χ1v) is 10.5. The number of hydrogen-bond acceptors (Lipinski definition) is 6. The molecule has 2 aliphatic rings. The molecule has 152 valence electrons. The molecule has 1 aliphatic heterocycles. The lowest BCUT2D eigenvalue weighted by Crippen LogP contribution is -2.51. The number of thioether (sulfide) groups is 1. The van der Waals surface area contributed by atoms with Crippen LogP contribution in [-0.2, 0) is 9.59 Å². The Morgan fingerprint density at radius 3 is 2.72 bits per heavy atom. The highest BCUT2D eigenvalue weighted by molar-refractivity contribution is 7.99. The highest BCUT2D eigenvalue weighted by Gasteiger charge is 2.52. The zero-order chi connectivity index (χ0) is 20.4. The molecule has 2 N–H and O–H groups in total. The number of aromatic nitrogens is 3. The van der Waals surface area contributed by atoms with Gasteiger partial charge in [0.1, 0.15) is 11.9 Å². The van der Waals surface area contributed by atoms with Gasteiger partial charge in [-0.3, -0.25) is 19.6 Å². The quantitative estimate of drug-likeness (QED) is 0.571. The molecule has 1 aromatic heterocycles. The Kier molecular flexibility index (Phi) is 5.27. The number of nitrogens with zero attached hydrogens (tertiary/aromatic N) is 4. The number of hydrogen-bond donors (Lipinski definition) is 2. The summed E-state index contributed by atoms with van der Waals surface area (Å²) in [5.74, 6) is -0.304. The van der Waals surface area contributed by atoms with E-state index in [1.807, 2.05) is 30.3 Å². The first-order chi connectivity index (χ1) is 14.0. The number of amides is 4. The van der Waals surface area contributed by atoms with E-state index in [-0.39, 0.29) is 11.7 Å². The van der Waals surface area contributed by atoms with Gasteiger partial charge in [0, 0.05) is 5.69 Å². The Balaban J connectivity index is 1.37. The van der Waals surface area contributed by atoms with Gasteiger partial charge in [0.25, 0.3) is 5.91 Å². The molecule has 1 spiro atoms. The molecular weight excluding hydrogens is 392 g/mol. The van der Waals surface area contributed by atoms with Crippen LogP contribution in [0.15, 0.2) is 41.8 Å². The summed E-state index contributed by atoms with van der Waals surface area (Å²) in [5, 5.41) is 12.1. The number of carbonyl (C=O) groups excluding carboxylic acids is 3. The van der Waals surface area contributed by atoms with E-state index < -0.39 is 17.5 Å². The molecule has 0 atom stereocenters. The lowest BCUT2D eigenvalue weighted by atomic mass is 9.77. The molecule has 2 aromatic rings. The van der Waals surface area contributed by atoms with Crippen LogP contribution in [0.2, 0.25) is 0 Å². The van der Waals surface area contributed by atoms with Crippen molar-refractivity contribution in [2.45, 2.75) is 43.3 Å². The van der Waals surface area contributed by atoms with Crippen LogP contribution in [0, 0.1) is 5.92 Å². The number of benzene rings is 1. The third kappa shape index (κ3) is 3.84. The van der Waals surface area contributed by atoms with Crippen molar-refractivity contribution in [2.75, 3.05) is 5.75 Å². The average Bonchev–Trinajstić information content (AvgIpc) is 3.28. The van der Waals surface area contributed by atoms with E-state index in [1.165, 1.54) is 11.8 Å². The molecule has 0 bridgehead atoms. The molecule has 4 rings (SSSR count). The minimum absolute atomic E-state index is 0.00732. The maximum absolute atomic E-state index is 12.8. The SMILES string of the molecule is CC1CCC2(CC1)NC(=O)N(NC(=O)CSc1nncn1-c1ccccc1)C2=O. The highest BCUT2D eigenvalue weighted by atomic mass is 32.2. The van der Waals surface area contributed by atoms with Gasteiger partial charge in [0.2, 0.25) is 5.91 Å². The second-order valence-electron chi connectivity index (χ2n) is 7.48. The van der Waals surface area contributed by atoms with Crippen molar-refractivity contribution in [2.24, 2.45) is 5.92 Å². The number of hydrazine groups is 1. The van der Waals surface area contributed by atoms with E-state index in [1.54, 1.807) is 10.9 Å².